The third-order valence-electron chi connectivity index (χ3n) is 1.95. The monoisotopic (exact) mass is 280 g/mol. The van der Waals surface area contributed by atoms with Crippen LogP contribution in [0.3, 0.4) is 0 Å². The Hall–Kier alpha value is -0.690. The first kappa shape index (κ1) is 20.6. The second kappa shape index (κ2) is 17.3. The summed E-state index contributed by atoms with van der Waals surface area (Å²) in [6.07, 6.45) is 0.864. The van der Waals surface area contributed by atoms with Gasteiger partial charge in [-0.15, -0.1) is 0 Å². The molecule has 6 nitrogen and oxygen atoms in total. The Kier molecular flexibility index (Phi) is 18.8. The number of esters is 1. The number of carbonyl (C=O) groups is 1. The Morgan fingerprint density at radius 3 is 1.95 bits per heavy atom. The highest BCUT2D eigenvalue weighted by Crippen LogP contribution is 1.91. The fraction of sp³-hybridized carbons (Fsp3) is 0.923. The van der Waals surface area contributed by atoms with Gasteiger partial charge in [0.2, 0.25) is 0 Å². The van der Waals surface area contributed by atoms with Gasteiger partial charge < -0.3 is 24.1 Å². The molecule has 0 bridgehead atoms. The molecule has 0 aliphatic carbocycles. The average Bonchev–Trinajstić information content (AvgIpc) is 2.39. The summed E-state index contributed by atoms with van der Waals surface area (Å²) in [7, 11) is 3.30. The van der Waals surface area contributed by atoms with Gasteiger partial charge in [0.15, 0.2) is 0 Å². The Labute approximate surface area is 116 Å². The Balaban J connectivity index is 0. The number of hydrogen-bond acceptors (Lipinski definition) is 6. The predicted molar refractivity (Wildman–Crippen MR) is 72.1 cm³/mol. The van der Waals surface area contributed by atoms with Crippen molar-refractivity contribution in [1.82, 2.24) is 0 Å². The summed E-state index contributed by atoms with van der Waals surface area (Å²) in [5.41, 5.74) is 0. The van der Waals surface area contributed by atoms with Crippen molar-refractivity contribution in [1.29, 1.82) is 0 Å². The van der Waals surface area contributed by atoms with Crippen LogP contribution in [0.15, 0.2) is 0 Å². The van der Waals surface area contributed by atoms with Crippen LogP contribution in [0.4, 0.5) is 0 Å². The maximum Gasteiger partial charge on any atom is 0.334 e. The minimum atomic E-state index is -0.989. The van der Waals surface area contributed by atoms with E-state index in [9.17, 15) is 4.79 Å². The van der Waals surface area contributed by atoms with Crippen molar-refractivity contribution >= 4 is 5.97 Å². The van der Waals surface area contributed by atoms with Crippen molar-refractivity contribution in [2.24, 2.45) is 0 Å². The lowest BCUT2D eigenvalue weighted by Gasteiger charge is -2.04. The van der Waals surface area contributed by atoms with Gasteiger partial charge in [-0.3, -0.25) is 0 Å². The number of aliphatic hydroxyl groups is 1. The molecule has 0 spiro atoms. The molecule has 0 aromatic heterocycles. The molecule has 1 unspecified atom stereocenters. The van der Waals surface area contributed by atoms with E-state index in [1.807, 2.05) is 6.92 Å². The molecule has 0 saturated heterocycles. The van der Waals surface area contributed by atoms with Crippen LogP contribution in [0.2, 0.25) is 0 Å². The summed E-state index contributed by atoms with van der Waals surface area (Å²) < 4.78 is 19.2. The van der Waals surface area contributed by atoms with Crippen LogP contribution in [0.25, 0.3) is 0 Å². The molecule has 0 radical (unpaired) electrons. The van der Waals surface area contributed by atoms with E-state index in [1.54, 1.807) is 14.2 Å². The second-order valence-electron chi connectivity index (χ2n) is 3.79. The average molecular weight is 280 g/mol. The number of aliphatic hydroxyl groups excluding tert-OH is 1. The molecule has 19 heavy (non-hydrogen) atoms. The summed E-state index contributed by atoms with van der Waals surface area (Å²) in [4.78, 5) is 10.5. The highest BCUT2D eigenvalue weighted by Gasteiger charge is 2.08. The van der Waals surface area contributed by atoms with E-state index in [1.165, 1.54) is 6.92 Å². The highest BCUT2D eigenvalue weighted by atomic mass is 16.5. The van der Waals surface area contributed by atoms with Crippen molar-refractivity contribution in [3.63, 3.8) is 0 Å². The van der Waals surface area contributed by atoms with Gasteiger partial charge in [0, 0.05) is 14.2 Å². The zero-order valence-corrected chi connectivity index (χ0v) is 12.5. The van der Waals surface area contributed by atoms with Gasteiger partial charge in [-0.1, -0.05) is 13.3 Å². The second-order valence-corrected chi connectivity index (χ2v) is 3.79. The van der Waals surface area contributed by atoms with E-state index in [0.29, 0.717) is 33.0 Å². The fourth-order valence-electron chi connectivity index (χ4n) is 0.824. The normalized spacial score (nSPS) is 11.4. The van der Waals surface area contributed by atoms with Crippen LogP contribution >= 0.6 is 0 Å². The maximum atomic E-state index is 10.5. The molecule has 0 aromatic rings. The topological polar surface area (TPSA) is 74.2 Å². The van der Waals surface area contributed by atoms with E-state index < -0.39 is 12.1 Å². The summed E-state index contributed by atoms with van der Waals surface area (Å²) in [6.45, 7) is 6.44. The predicted octanol–water partition coefficient (Wildman–Crippen LogP) is 1.01. The molecule has 0 heterocycles. The van der Waals surface area contributed by atoms with Crippen LogP contribution in [-0.2, 0) is 23.7 Å². The van der Waals surface area contributed by atoms with Crippen molar-refractivity contribution in [3.05, 3.63) is 0 Å². The first-order valence-corrected chi connectivity index (χ1v) is 6.50. The molecule has 6 heteroatoms. The summed E-state index contributed by atoms with van der Waals surface area (Å²) in [5, 5.41) is 8.65. The fourth-order valence-corrected chi connectivity index (χ4v) is 0.824. The summed E-state index contributed by atoms with van der Waals surface area (Å²) in [6, 6.07) is 0. The van der Waals surface area contributed by atoms with Gasteiger partial charge in [-0.05, 0) is 13.3 Å². The van der Waals surface area contributed by atoms with Gasteiger partial charge in [0.25, 0.3) is 0 Å². The van der Waals surface area contributed by atoms with E-state index in [-0.39, 0.29) is 0 Å². The van der Waals surface area contributed by atoms with Crippen molar-refractivity contribution in [2.75, 3.05) is 47.3 Å². The molecule has 0 fully saturated rings. The minimum absolute atomic E-state index is 0.417. The van der Waals surface area contributed by atoms with Crippen molar-refractivity contribution < 1.29 is 28.8 Å². The van der Waals surface area contributed by atoms with Crippen LogP contribution < -0.4 is 0 Å². The molecule has 0 rings (SSSR count). The number of hydrogen-bond donors (Lipinski definition) is 1. The van der Waals surface area contributed by atoms with Crippen LogP contribution in [0.1, 0.15) is 26.7 Å². The third kappa shape index (κ3) is 19.8. The van der Waals surface area contributed by atoms with E-state index >= 15 is 0 Å². The quantitative estimate of drug-likeness (QED) is 0.475. The van der Waals surface area contributed by atoms with E-state index in [2.05, 4.69) is 4.74 Å². The molecule has 1 N–H and O–H groups in total. The number of rotatable bonds is 10. The van der Waals surface area contributed by atoms with Gasteiger partial charge in [0.05, 0.1) is 33.0 Å². The Morgan fingerprint density at radius 1 is 1.05 bits per heavy atom. The third-order valence-corrected chi connectivity index (χ3v) is 1.95. The van der Waals surface area contributed by atoms with Crippen molar-refractivity contribution in [3.8, 4) is 0 Å². The van der Waals surface area contributed by atoms with Crippen molar-refractivity contribution in [2.45, 2.75) is 32.8 Å². The zero-order chi connectivity index (χ0) is 14.9. The maximum absolute atomic E-state index is 10.5. The lowest BCUT2D eigenvalue weighted by molar-refractivity contribution is -0.152. The van der Waals surface area contributed by atoms with Gasteiger partial charge >= 0.3 is 5.97 Å². The first-order valence-electron chi connectivity index (χ1n) is 6.50. The molecule has 0 amide bonds. The number of unbranched alkanes of at least 4 members (excludes halogenated alkanes) is 1. The van der Waals surface area contributed by atoms with Gasteiger partial charge in [0.1, 0.15) is 6.10 Å². The number of methoxy groups -OCH3 is 2. The zero-order valence-electron chi connectivity index (χ0n) is 12.5. The molecule has 0 aliphatic heterocycles. The smallest absolute Gasteiger partial charge is 0.334 e. The molecule has 116 valence electrons. The summed E-state index contributed by atoms with van der Waals surface area (Å²) in [5.74, 6) is -0.534. The highest BCUT2D eigenvalue weighted by molar-refractivity contribution is 5.73. The SMILES string of the molecule is CCCCOC(=O)C(C)O.COCCOCCOC. The minimum Gasteiger partial charge on any atom is -0.464 e. The van der Waals surface area contributed by atoms with Crippen LogP contribution in [-0.4, -0.2) is 64.4 Å². The number of carbonyl (C=O) groups excluding carboxylic acids is 1. The molecule has 0 aliphatic rings. The molecule has 0 aromatic carbocycles. The lowest BCUT2D eigenvalue weighted by Crippen LogP contribution is -2.19. The van der Waals surface area contributed by atoms with Crippen LogP contribution in [0, 0.1) is 0 Å². The van der Waals surface area contributed by atoms with Gasteiger partial charge in [-0.2, -0.15) is 0 Å². The summed E-state index contributed by atoms with van der Waals surface area (Å²) >= 11 is 0. The first-order chi connectivity index (χ1) is 9.09. The molecule has 0 saturated carbocycles. The Morgan fingerprint density at radius 2 is 1.58 bits per heavy atom. The van der Waals surface area contributed by atoms with Crippen LogP contribution in [0.5, 0.6) is 0 Å². The standard InChI is InChI=1S/C7H14O3.C6H14O3/c1-3-4-5-10-7(9)6(2)8;1-7-3-5-9-6-4-8-2/h6,8H,3-5H2,1-2H3;3-6H2,1-2H3. The molecular formula is C13H28O6. The largest absolute Gasteiger partial charge is 0.464 e. The molecular weight excluding hydrogens is 252 g/mol. The van der Waals surface area contributed by atoms with E-state index in [4.69, 9.17) is 19.3 Å². The number of ether oxygens (including phenoxy) is 4. The molecule has 1 atom stereocenters. The van der Waals surface area contributed by atoms with E-state index in [0.717, 1.165) is 12.8 Å². The van der Waals surface area contributed by atoms with Gasteiger partial charge in [-0.25, -0.2) is 4.79 Å². The Bertz CT molecular complexity index is 178. The lowest BCUT2D eigenvalue weighted by atomic mass is 10.3.